The van der Waals surface area contributed by atoms with Gasteiger partial charge in [0.1, 0.15) is 11.5 Å². The first-order valence-corrected chi connectivity index (χ1v) is 11.7. The molecule has 2 aliphatic rings. The number of ether oxygens (including phenoxy) is 1. The third kappa shape index (κ3) is 10.1. The first kappa shape index (κ1) is 32.0. The summed E-state index contributed by atoms with van der Waals surface area (Å²) >= 11 is 0. The van der Waals surface area contributed by atoms with Gasteiger partial charge in [0.25, 0.3) is 0 Å². The normalized spacial score (nSPS) is 21.7. The van der Waals surface area contributed by atoms with Gasteiger partial charge in [-0.05, 0) is 37.1 Å². The maximum absolute atomic E-state index is 10.6. The summed E-state index contributed by atoms with van der Waals surface area (Å²) in [6, 6.07) is 8.86. The molecule has 0 radical (unpaired) electrons. The molecule has 2 N–H and O–H groups in total. The predicted octanol–water partition coefficient (Wildman–Crippen LogP) is 3.97. The highest BCUT2D eigenvalue weighted by molar-refractivity contribution is 5.73. The summed E-state index contributed by atoms with van der Waals surface area (Å²) in [6.07, 6.45) is -4.91. The van der Waals surface area contributed by atoms with E-state index in [1.165, 1.54) is 5.56 Å². The number of carboxylic acid groups (broad SMARTS) is 2. The fraction of sp³-hybridized carbons (Fsp3) is 0.542. The Bertz CT molecular complexity index is 1040. The zero-order valence-corrected chi connectivity index (χ0v) is 21.1. The van der Waals surface area contributed by atoms with Gasteiger partial charge in [-0.1, -0.05) is 6.07 Å². The lowest BCUT2D eigenvalue weighted by Gasteiger charge is -2.40. The van der Waals surface area contributed by atoms with Crippen LogP contribution in [0.15, 0.2) is 41.1 Å². The van der Waals surface area contributed by atoms with Crippen LogP contribution in [0, 0.1) is 12.8 Å². The summed E-state index contributed by atoms with van der Waals surface area (Å²) in [6.45, 7) is 7.11. The molecule has 4 heterocycles. The van der Waals surface area contributed by atoms with Crippen LogP contribution in [0.2, 0.25) is 0 Å². The first-order chi connectivity index (χ1) is 18.1. The molecule has 2 aromatic heterocycles. The van der Waals surface area contributed by atoms with Crippen LogP contribution in [-0.4, -0.2) is 88.2 Å². The minimum atomic E-state index is -5.08. The zero-order chi connectivity index (χ0) is 29.4. The minimum absolute atomic E-state index is 0.360. The molecule has 0 aliphatic carbocycles. The Balaban J connectivity index is 0.000000317. The maximum atomic E-state index is 10.6. The van der Waals surface area contributed by atoms with Gasteiger partial charge in [-0.2, -0.15) is 26.3 Å². The second kappa shape index (κ2) is 13.8. The fourth-order valence-electron chi connectivity index (χ4n) is 4.46. The summed E-state index contributed by atoms with van der Waals surface area (Å²) in [5.74, 6) is -2.90. The van der Waals surface area contributed by atoms with Gasteiger partial charge in [0.05, 0.1) is 12.6 Å². The number of furan rings is 1. The highest BCUT2D eigenvalue weighted by atomic mass is 19.4. The van der Waals surface area contributed by atoms with Crippen molar-refractivity contribution in [1.29, 1.82) is 0 Å². The van der Waals surface area contributed by atoms with Crippen LogP contribution in [0.4, 0.5) is 26.3 Å². The van der Waals surface area contributed by atoms with E-state index in [1.807, 2.05) is 32.5 Å². The van der Waals surface area contributed by atoms with Gasteiger partial charge in [0.2, 0.25) is 0 Å². The summed E-state index contributed by atoms with van der Waals surface area (Å²) in [5.41, 5.74) is 1.28. The van der Waals surface area contributed by atoms with Crippen molar-refractivity contribution in [3.63, 3.8) is 0 Å². The lowest BCUT2D eigenvalue weighted by Crippen LogP contribution is -2.50. The Morgan fingerprint density at radius 1 is 1.05 bits per heavy atom. The number of rotatable bonds is 5. The van der Waals surface area contributed by atoms with Crippen LogP contribution in [0.1, 0.15) is 23.5 Å². The van der Waals surface area contributed by atoms with Crippen LogP contribution in [0.3, 0.4) is 0 Å². The Kier molecular flexibility index (Phi) is 11.3. The van der Waals surface area contributed by atoms with E-state index in [2.05, 4.69) is 33.0 Å². The molecular formula is C24H29F6N3O6. The molecule has 0 unspecified atom stereocenters. The molecule has 0 amide bonds. The third-order valence-corrected chi connectivity index (χ3v) is 6.13. The van der Waals surface area contributed by atoms with Crippen molar-refractivity contribution in [2.45, 2.75) is 50.9 Å². The molecule has 0 spiro atoms. The van der Waals surface area contributed by atoms with Crippen LogP contribution in [0.25, 0.3) is 0 Å². The van der Waals surface area contributed by atoms with E-state index in [9.17, 15) is 26.3 Å². The van der Waals surface area contributed by atoms with Crippen molar-refractivity contribution in [2.24, 2.45) is 5.92 Å². The lowest BCUT2D eigenvalue weighted by atomic mass is 9.89. The Morgan fingerprint density at radius 2 is 1.67 bits per heavy atom. The van der Waals surface area contributed by atoms with Gasteiger partial charge in [0.15, 0.2) is 0 Å². The van der Waals surface area contributed by atoms with Crippen molar-refractivity contribution in [3.05, 3.63) is 53.7 Å². The number of piperidine rings is 1. The third-order valence-electron chi connectivity index (χ3n) is 6.13. The molecule has 2 saturated heterocycles. The number of alkyl halides is 6. The molecule has 2 aliphatic heterocycles. The van der Waals surface area contributed by atoms with E-state index in [0.29, 0.717) is 18.1 Å². The number of nitrogens with zero attached hydrogens (tertiary/aromatic N) is 3. The van der Waals surface area contributed by atoms with Crippen molar-refractivity contribution >= 4 is 11.9 Å². The molecular weight excluding hydrogens is 540 g/mol. The van der Waals surface area contributed by atoms with Gasteiger partial charge in [-0.25, -0.2) is 9.59 Å². The SMILES string of the molecule is CO[C@H]1CCN(Cc2ccc(C)o2)[C@@H]2CN(Cc3cccnc3)C[C@H]12.O=C(O)C(F)(F)F.O=C(O)C(F)(F)F. The van der Waals surface area contributed by atoms with Crippen molar-refractivity contribution in [1.82, 2.24) is 14.8 Å². The topological polar surface area (TPSA) is 116 Å². The summed E-state index contributed by atoms with van der Waals surface area (Å²) in [5, 5.41) is 14.2. The number of likely N-dealkylation sites (tertiary alicyclic amines) is 2. The van der Waals surface area contributed by atoms with Crippen LogP contribution in [0.5, 0.6) is 0 Å². The number of carboxylic acids is 2. The first-order valence-electron chi connectivity index (χ1n) is 11.7. The second-order valence-electron chi connectivity index (χ2n) is 8.94. The molecule has 9 nitrogen and oxygen atoms in total. The average molecular weight is 569 g/mol. The molecule has 0 aromatic carbocycles. The van der Waals surface area contributed by atoms with Crippen LogP contribution >= 0.6 is 0 Å². The van der Waals surface area contributed by atoms with Gasteiger partial charge >= 0.3 is 24.3 Å². The minimum Gasteiger partial charge on any atom is -0.475 e. The standard InChI is InChI=1S/C20H27N3O2.2C2HF3O2/c1-15-5-6-17(25-15)12-23-9-7-20(24-2)18-13-22(14-19(18)23)11-16-4-3-8-21-10-16;2*3-2(4,5)1(6)7/h3-6,8,10,18-20H,7,9,11-14H2,1-2H3;2*(H,6,7)/t18-,19+,20-;;/m0../s1. The molecule has 218 valence electrons. The molecule has 4 rings (SSSR count). The molecule has 2 fully saturated rings. The second-order valence-corrected chi connectivity index (χ2v) is 8.94. The van der Waals surface area contributed by atoms with E-state index in [1.54, 1.807) is 0 Å². The summed E-state index contributed by atoms with van der Waals surface area (Å²) < 4.78 is 75.1. The average Bonchev–Trinajstić information content (AvgIpc) is 3.45. The Labute approximate surface area is 220 Å². The lowest BCUT2D eigenvalue weighted by molar-refractivity contribution is -0.193. The molecule has 3 atom stereocenters. The van der Waals surface area contributed by atoms with Gasteiger partial charge in [-0.15, -0.1) is 0 Å². The predicted molar refractivity (Wildman–Crippen MR) is 123 cm³/mol. The number of aliphatic carboxylic acids is 2. The van der Waals surface area contributed by atoms with Crippen molar-refractivity contribution in [2.75, 3.05) is 26.7 Å². The van der Waals surface area contributed by atoms with Crippen molar-refractivity contribution < 1.29 is 55.3 Å². The highest BCUT2D eigenvalue weighted by Crippen LogP contribution is 2.34. The Hall–Kier alpha value is -3.17. The largest absolute Gasteiger partial charge is 0.490 e. The zero-order valence-electron chi connectivity index (χ0n) is 21.1. The number of hydrogen-bond donors (Lipinski definition) is 2. The number of aryl methyl sites for hydroxylation is 1. The quantitative estimate of drug-likeness (QED) is 0.516. The molecule has 2 aromatic rings. The number of methoxy groups -OCH3 is 1. The van der Waals surface area contributed by atoms with E-state index in [0.717, 1.165) is 50.7 Å². The van der Waals surface area contributed by atoms with E-state index in [4.69, 9.17) is 29.0 Å². The van der Waals surface area contributed by atoms with Crippen molar-refractivity contribution in [3.8, 4) is 0 Å². The van der Waals surface area contributed by atoms with Crippen LogP contribution < -0.4 is 0 Å². The fourth-order valence-corrected chi connectivity index (χ4v) is 4.46. The number of pyridine rings is 1. The highest BCUT2D eigenvalue weighted by Gasteiger charge is 2.44. The van der Waals surface area contributed by atoms with E-state index >= 15 is 0 Å². The van der Waals surface area contributed by atoms with E-state index < -0.39 is 24.3 Å². The van der Waals surface area contributed by atoms with Crippen LogP contribution in [-0.2, 0) is 27.4 Å². The van der Waals surface area contributed by atoms with E-state index in [-0.39, 0.29) is 0 Å². The number of hydrogen-bond acceptors (Lipinski definition) is 7. The number of carbonyl (C=O) groups is 2. The summed E-state index contributed by atoms with van der Waals surface area (Å²) in [7, 11) is 1.86. The maximum Gasteiger partial charge on any atom is 0.490 e. The number of fused-ring (bicyclic) bond motifs is 1. The monoisotopic (exact) mass is 569 g/mol. The smallest absolute Gasteiger partial charge is 0.475 e. The molecule has 39 heavy (non-hydrogen) atoms. The van der Waals surface area contributed by atoms with Gasteiger partial charge < -0.3 is 19.4 Å². The number of halogens is 6. The molecule has 15 heteroatoms. The Morgan fingerprint density at radius 3 is 2.13 bits per heavy atom. The van der Waals surface area contributed by atoms with Gasteiger partial charge in [0, 0.05) is 57.6 Å². The van der Waals surface area contributed by atoms with Gasteiger partial charge in [-0.3, -0.25) is 14.8 Å². The molecule has 0 bridgehead atoms. The molecule has 0 saturated carbocycles. The summed E-state index contributed by atoms with van der Waals surface area (Å²) in [4.78, 5) is 27.2. The number of aromatic nitrogens is 1.